The Kier molecular flexibility index (Phi) is 4.99. The van der Waals surface area contributed by atoms with Gasteiger partial charge in [-0.15, -0.1) is 0 Å². The van der Waals surface area contributed by atoms with Gasteiger partial charge in [-0.1, -0.05) is 0 Å². The maximum atomic E-state index is 11.0. The number of non-ortho nitro benzene ring substituents is 1. The van der Waals surface area contributed by atoms with Gasteiger partial charge in [0, 0.05) is 18.3 Å². The summed E-state index contributed by atoms with van der Waals surface area (Å²) in [6.45, 7) is 0. The van der Waals surface area contributed by atoms with Crippen LogP contribution in [0.3, 0.4) is 0 Å². The van der Waals surface area contributed by atoms with Crippen LogP contribution in [-0.4, -0.2) is 21.5 Å². The fraction of sp³-hybridized carbons (Fsp3) is 0. The van der Waals surface area contributed by atoms with E-state index in [1.54, 1.807) is 24.4 Å². The number of anilines is 1. The van der Waals surface area contributed by atoms with Crippen molar-refractivity contribution in [3.63, 3.8) is 0 Å². The normalized spacial score (nSPS) is 10.5. The largest absolute Gasteiger partial charge is 0.455 e. The molecule has 0 saturated carbocycles. The number of nitrogens with one attached hydrogen (secondary N) is 2. The third kappa shape index (κ3) is 4.25. The molecule has 0 atom stereocenters. The van der Waals surface area contributed by atoms with Gasteiger partial charge in [0.2, 0.25) is 5.71 Å². The van der Waals surface area contributed by atoms with Crippen LogP contribution in [-0.2, 0) is 0 Å². The molecular formula is C14H11N7O3. The van der Waals surface area contributed by atoms with Gasteiger partial charge in [0.15, 0.2) is 5.84 Å². The highest BCUT2D eigenvalue weighted by molar-refractivity contribution is 6.45. The molecule has 120 valence electrons. The van der Waals surface area contributed by atoms with Crippen LogP contribution in [0.5, 0.6) is 11.5 Å². The fourth-order valence-corrected chi connectivity index (χ4v) is 1.62. The van der Waals surface area contributed by atoms with E-state index in [2.05, 4.69) is 15.5 Å². The summed E-state index contributed by atoms with van der Waals surface area (Å²) in [4.78, 5) is 14.3. The Bertz CT molecular complexity index is 843. The molecule has 1 heterocycles. The molecule has 2 aromatic rings. The number of nitrogens with zero attached hydrogens (tertiary/aromatic N) is 4. The predicted molar refractivity (Wildman–Crippen MR) is 86.0 cm³/mol. The number of hydrazone groups is 1. The average Bonchev–Trinajstić information content (AvgIpc) is 2.56. The molecule has 10 heteroatoms. The van der Waals surface area contributed by atoms with Crippen molar-refractivity contribution in [2.45, 2.75) is 0 Å². The number of nitriles is 1. The van der Waals surface area contributed by atoms with Crippen LogP contribution >= 0.6 is 0 Å². The van der Waals surface area contributed by atoms with Crippen LogP contribution in [0.2, 0.25) is 0 Å². The van der Waals surface area contributed by atoms with Crippen LogP contribution < -0.4 is 15.9 Å². The van der Waals surface area contributed by atoms with E-state index in [0.717, 1.165) is 0 Å². The van der Waals surface area contributed by atoms with Gasteiger partial charge in [-0.3, -0.25) is 25.9 Å². The van der Waals surface area contributed by atoms with Crippen molar-refractivity contribution in [3.05, 3.63) is 52.8 Å². The maximum Gasteiger partial charge on any atom is 0.275 e. The minimum absolute atomic E-state index is 0.177. The number of nitro benzene ring substituents is 1. The van der Waals surface area contributed by atoms with Crippen molar-refractivity contribution in [3.8, 4) is 17.6 Å². The predicted octanol–water partition coefficient (Wildman–Crippen LogP) is 2.01. The zero-order valence-electron chi connectivity index (χ0n) is 12.1. The number of hydrogen-bond acceptors (Lipinski definition) is 8. The third-order valence-corrected chi connectivity index (χ3v) is 2.63. The number of ether oxygens (including phenoxy) is 1. The maximum absolute atomic E-state index is 11.0. The van der Waals surface area contributed by atoms with Gasteiger partial charge in [0.25, 0.3) is 5.69 Å². The molecule has 1 aromatic heterocycles. The van der Waals surface area contributed by atoms with Crippen molar-refractivity contribution < 1.29 is 9.66 Å². The molecule has 1 aromatic carbocycles. The first-order valence-corrected chi connectivity index (χ1v) is 6.45. The number of pyridine rings is 1. The number of hydrogen-bond donors (Lipinski definition) is 3. The Labute approximate surface area is 135 Å². The summed E-state index contributed by atoms with van der Waals surface area (Å²) in [5.74, 6) is 0.0485. The highest BCUT2D eigenvalue weighted by atomic mass is 16.6. The number of benzene rings is 1. The second-order valence-corrected chi connectivity index (χ2v) is 4.36. The number of rotatable bonds is 6. The van der Waals surface area contributed by atoms with Crippen LogP contribution in [0, 0.1) is 26.9 Å². The first-order valence-electron chi connectivity index (χ1n) is 6.45. The summed E-state index contributed by atoms with van der Waals surface area (Å²) in [6.07, 6.45) is 3.01. The number of nitro groups is 1. The lowest BCUT2D eigenvalue weighted by Crippen LogP contribution is -2.21. The lowest BCUT2D eigenvalue weighted by molar-refractivity contribution is -0.384. The average molecular weight is 325 g/mol. The first-order chi connectivity index (χ1) is 11.5. The smallest absolute Gasteiger partial charge is 0.275 e. The third-order valence-electron chi connectivity index (χ3n) is 2.63. The van der Waals surface area contributed by atoms with Crippen LogP contribution in [0.1, 0.15) is 0 Å². The first kappa shape index (κ1) is 16.4. The summed E-state index contributed by atoms with van der Waals surface area (Å²) < 4.78 is 5.50. The van der Waals surface area contributed by atoms with Gasteiger partial charge in [-0.2, -0.15) is 10.4 Å². The van der Waals surface area contributed by atoms with Crippen molar-refractivity contribution >= 4 is 22.9 Å². The van der Waals surface area contributed by atoms with Crippen molar-refractivity contribution in [2.75, 3.05) is 5.43 Å². The highest BCUT2D eigenvalue weighted by Gasteiger charge is 2.12. The van der Waals surface area contributed by atoms with Gasteiger partial charge < -0.3 is 10.5 Å². The number of amidine groups is 1. The second kappa shape index (κ2) is 7.32. The molecule has 0 radical (unpaired) electrons. The monoisotopic (exact) mass is 325 g/mol. The molecule has 0 aliphatic carbocycles. The Morgan fingerprint density at radius 3 is 2.83 bits per heavy atom. The minimum atomic E-state index is -0.596. The van der Waals surface area contributed by atoms with E-state index in [1.807, 2.05) is 0 Å². The van der Waals surface area contributed by atoms with E-state index in [1.165, 1.54) is 24.4 Å². The molecule has 2 rings (SSSR count). The van der Waals surface area contributed by atoms with Crippen molar-refractivity contribution in [1.82, 2.24) is 4.98 Å². The molecule has 0 saturated heterocycles. The fourth-order valence-electron chi connectivity index (χ4n) is 1.62. The Hall–Kier alpha value is -4.00. The highest BCUT2D eigenvalue weighted by Crippen LogP contribution is 2.29. The van der Waals surface area contributed by atoms with Gasteiger partial charge >= 0.3 is 0 Å². The van der Waals surface area contributed by atoms with E-state index in [-0.39, 0.29) is 22.8 Å². The van der Waals surface area contributed by atoms with Crippen LogP contribution in [0.4, 0.5) is 11.4 Å². The molecular weight excluding hydrogens is 314 g/mol. The molecule has 0 aliphatic heterocycles. The van der Waals surface area contributed by atoms with Crippen molar-refractivity contribution in [1.29, 1.82) is 10.7 Å². The van der Waals surface area contributed by atoms with E-state index < -0.39 is 10.8 Å². The molecule has 0 bridgehead atoms. The molecule has 0 aliphatic rings. The molecule has 4 N–H and O–H groups in total. The van der Waals surface area contributed by atoms with Gasteiger partial charge in [-0.05, 0) is 12.1 Å². The van der Waals surface area contributed by atoms with Gasteiger partial charge in [0.1, 0.15) is 17.6 Å². The summed E-state index contributed by atoms with van der Waals surface area (Å²) in [7, 11) is 0. The van der Waals surface area contributed by atoms with Crippen LogP contribution in [0.15, 0.2) is 47.8 Å². The van der Waals surface area contributed by atoms with E-state index in [0.29, 0.717) is 5.75 Å². The SMILES string of the molecule is N#C/C(=N\Nc1cc(Oc2cccnc2)cc([N+](=O)[O-])c1)C(=N)N. The number of aromatic nitrogens is 1. The molecule has 0 spiro atoms. The summed E-state index contributed by atoms with van der Waals surface area (Å²) in [5, 5.41) is 30.6. The molecule has 0 fully saturated rings. The zero-order valence-corrected chi connectivity index (χ0v) is 12.1. The van der Waals surface area contributed by atoms with E-state index in [9.17, 15) is 10.1 Å². The quantitative estimate of drug-likeness (QED) is 0.316. The molecule has 24 heavy (non-hydrogen) atoms. The van der Waals surface area contributed by atoms with Gasteiger partial charge in [0.05, 0.1) is 22.9 Å². The van der Waals surface area contributed by atoms with Gasteiger partial charge in [-0.25, -0.2) is 0 Å². The molecule has 10 nitrogen and oxygen atoms in total. The topological polar surface area (TPSA) is 163 Å². The zero-order chi connectivity index (χ0) is 17.5. The van der Waals surface area contributed by atoms with E-state index in [4.69, 9.17) is 21.1 Å². The lowest BCUT2D eigenvalue weighted by atomic mass is 10.2. The van der Waals surface area contributed by atoms with Crippen molar-refractivity contribution in [2.24, 2.45) is 10.8 Å². The Morgan fingerprint density at radius 2 is 2.25 bits per heavy atom. The summed E-state index contributed by atoms with van der Waals surface area (Å²) >= 11 is 0. The summed E-state index contributed by atoms with van der Waals surface area (Å²) in [5.41, 5.74) is 7.22. The Morgan fingerprint density at radius 1 is 1.46 bits per heavy atom. The Balaban J connectivity index is 2.33. The minimum Gasteiger partial charge on any atom is -0.455 e. The van der Waals surface area contributed by atoms with E-state index >= 15 is 0 Å². The second-order valence-electron chi connectivity index (χ2n) is 4.36. The van der Waals surface area contributed by atoms with Crippen LogP contribution in [0.25, 0.3) is 0 Å². The molecule has 0 unspecified atom stereocenters. The summed E-state index contributed by atoms with van der Waals surface area (Å²) in [6, 6.07) is 8.80. The lowest BCUT2D eigenvalue weighted by Gasteiger charge is -2.07. The standard InChI is InChI=1S/C14H11N7O3/c15-7-13(14(16)17)20-19-9-4-10(21(22)23)6-12(5-9)24-11-2-1-3-18-8-11/h1-6,8,19H,(H3,16,17)/b20-13+. The molecule has 0 amide bonds. The number of nitrogens with two attached hydrogens (primary N) is 1.